The summed E-state index contributed by atoms with van der Waals surface area (Å²) in [6, 6.07) is 18.8. The molecule has 0 fully saturated rings. The lowest BCUT2D eigenvalue weighted by atomic mass is 10.1. The molecule has 1 N–H and O–H groups in total. The number of rotatable bonds is 7. The summed E-state index contributed by atoms with van der Waals surface area (Å²) >= 11 is 6.40. The van der Waals surface area contributed by atoms with E-state index >= 15 is 0 Å². The van der Waals surface area contributed by atoms with Crippen LogP contribution in [0.5, 0.6) is 0 Å². The van der Waals surface area contributed by atoms with E-state index in [0.29, 0.717) is 16.4 Å². The van der Waals surface area contributed by atoms with Crippen LogP contribution in [0.15, 0.2) is 60.7 Å². The average molecular weight is 398 g/mol. The van der Waals surface area contributed by atoms with Crippen LogP contribution in [-0.4, -0.2) is 28.2 Å². The highest BCUT2D eigenvalue weighted by atomic mass is 35.5. The lowest BCUT2D eigenvalue weighted by Crippen LogP contribution is -2.31. The Bertz CT molecular complexity index is 956. The second-order valence-corrected chi connectivity index (χ2v) is 6.56. The molecule has 0 saturated heterocycles. The fourth-order valence-corrected chi connectivity index (χ4v) is 2.98. The fraction of sp³-hybridized carbons (Fsp3) is 0.190. The number of carbonyl (C=O) groups is 2. The number of ether oxygens (including phenoxy) is 1. The molecular formula is C21H20ClN3O3. The summed E-state index contributed by atoms with van der Waals surface area (Å²) in [6.07, 6.45) is 0.211. The third-order valence-electron chi connectivity index (χ3n) is 4.14. The van der Waals surface area contributed by atoms with Gasteiger partial charge in [-0.25, -0.2) is 4.68 Å². The summed E-state index contributed by atoms with van der Waals surface area (Å²) in [5, 5.41) is 7.36. The topological polar surface area (TPSA) is 73.2 Å². The van der Waals surface area contributed by atoms with Crippen LogP contribution in [0, 0.1) is 6.92 Å². The molecule has 3 rings (SSSR count). The van der Waals surface area contributed by atoms with Crippen molar-refractivity contribution in [3.8, 4) is 5.69 Å². The Morgan fingerprint density at radius 1 is 1.07 bits per heavy atom. The van der Waals surface area contributed by atoms with E-state index in [1.165, 1.54) is 0 Å². The van der Waals surface area contributed by atoms with Gasteiger partial charge in [0.05, 0.1) is 17.8 Å². The van der Waals surface area contributed by atoms with Gasteiger partial charge in [0.1, 0.15) is 18.3 Å². The molecule has 144 valence electrons. The van der Waals surface area contributed by atoms with Crippen LogP contribution in [0.1, 0.15) is 16.8 Å². The van der Waals surface area contributed by atoms with E-state index in [1.54, 1.807) is 11.6 Å². The van der Waals surface area contributed by atoms with E-state index in [1.807, 2.05) is 60.7 Å². The molecule has 0 saturated carbocycles. The Balaban J connectivity index is 1.52. The number of nitrogens with one attached hydrogen (secondary N) is 1. The molecule has 1 amide bonds. The normalized spacial score (nSPS) is 10.5. The number of esters is 1. The average Bonchev–Trinajstić information content (AvgIpc) is 3.00. The fourth-order valence-electron chi connectivity index (χ4n) is 2.65. The highest BCUT2D eigenvalue weighted by molar-refractivity contribution is 6.30. The summed E-state index contributed by atoms with van der Waals surface area (Å²) in [6.45, 7) is 1.59. The molecule has 0 atom stereocenters. The SMILES string of the molecule is Cc1nn(-c2ccccc2)c(Cl)c1COC(=O)CNC(=O)Cc1ccccc1. The van der Waals surface area contributed by atoms with Crippen LogP contribution >= 0.6 is 11.6 Å². The van der Waals surface area contributed by atoms with Crippen molar-refractivity contribution >= 4 is 23.5 Å². The van der Waals surface area contributed by atoms with E-state index in [-0.39, 0.29) is 25.5 Å². The van der Waals surface area contributed by atoms with E-state index in [0.717, 1.165) is 11.3 Å². The van der Waals surface area contributed by atoms with Gasteiger partial charge in [-0.3, -0.25) is 9.59 Å². The van der Waals surface area contributed by atoms with E-state index in [4.69, 9.17) is 16.3 Å². The number of carbonyl (C=O) groups excluding carboxylic acids is 2. The number of hydrogen-bond donors (Lipinski definition) is 1. The van der Waals surface area contributed by atoms with Crippen LogP contribution in [0.3, 0.4) is 0 Å². The predicted octanol–water partition coefficient (Wildman–Crippen LogP) is 3.24. The van der Waals surface area contributed by atoms with Gasteiger partial charge in [0.25, 0.3) is 0 Å². The van der Waals surface area contributed by atoms with Gasteiger partial charge in [0, 0.05) is 5.56 Å². The molecule has 7 heteroatoms. The molecule has 0 spiro atoms. The Morgan fingerprint density at radius 2 is 1.71 bits per heavy atom. The van der Waals surface area contributed by atoms with E-state index in [2.05, 4.69) is 10.4 Å². The summed E-state index contributed by atoms with van der Waals surface area (Å²) in [5.74, 6) is -0.779. The minimum Gasteiger partial charge on any atom is -0.459 e. The highest BCUT2D eigenvalue weighted by Gasteiger charge is 2.16. The van der Waals surface area contributed by atoms with Gasteiger partial charge in [-0.2, -0.15) is 5.10 Å². The van der Waals surface area contributed by atoms with Crippen molar-refractivity contribution in [1.82, 2.24) is 15.1 Å². The molecule has 0 aliphatic rings. The van der Waals surface area contributed by atoms with Crippen molar-refractivity contribution in [2.45, 2.75) is 20.0 Å². The first kappa shape index (κ1) is 19.6. The number of benzene rings is 2. The van der Waals surface area contributed by atoms with Crippen molar-refractivity contribution in [1.29, 1.82) is 0 Å². The smallest absolute Gasteiger partial charge is 0.325 e. The Labute approximate surface area is 168 Å². The zero-order valence-corrected chi connectivity index (χ0v) is 16.1. The highest BCUT2D eigenvalue weighted by Crippen LogP contribution is 2.24. The van der Waals surface area contributed by atoms with Crippen LogP contribution in [0.4, 0.5) is 0 Å². The molecule has 6 nitrogen and oxygen atoms in total. The molecule has 0 aliphatic carbocycles. The number of hydrogen-bond acceptors (Lipinski definition) is 4. The second-order valence-electron chi connectivity index (χ2n) is 6.20. The molecule has 0 unspecified atom stereocenters. The number of halogens is 1. The number of para-hydroxylation sites is 1. The first-order chi connectivity index (χ1) is 13.5. The third kappa shape index (κ3) is 4.98. The van der Waals surface area contributed by atoms with Crippen molar-refractivity contribution in [3.63, 3.8) is 0 Å². The largest absolute Gasteiger partial charge is 0.459 e. The van der Waals surface area contributed by atoms with Crippen LogP contribution in [0.25, 0.3) is 5.69 Å². The molecule has 1 heterocycles. The van der Waals surface area contributed by atoms with Crippen molar-refractivity contribution in [2.75, 3.05) is 6.54 Å². The van der Waals surface area contributed by atoms with Crippen LogP contribution in [-0.2, 0) is 27.4 Å². The van der Waals surface area contributed by atoms with Gasteiger partial charge < -0.3 is 10.1 Å². The minimum absolute atomic E-state index is 0.00904. The van der Waals surface area contributed by atoms with Crippen molar-refractivity contribution in [3.05, 3.63) is 82.6 Å². The first-order valence-corrected chi connectivity index (χ1v) is 9.18. The monoisotopic (exact) mass is 397 g/mol. The molecule has 0 radical (unpaired) electrons. The Morgan fingerprint density at radius 3 is 2.39 bits per heavy atom. The number of amides is 1. The molecule has 1 aromatic heterocycles. The number of aromatic nitrogens is 2. The molecule has 28 heavy (non-hydrogen) atoms. The van der Waals surface area contributed by atoms with E-state index in [9.17, 15) is 9.59 Å². The predicted molar refractivity (Wildman–Crippen MR) is 106 cm³/mol. The standard InChI is InChI=1S/C21H20ClN3O3/c1-15-18(21(22)25(24-15)17-10-6-3-7-11-17)14-28-20(27)13-23-19(26)12-16-8-4-2-5-9-16/h2-11H,12-14H2,1H3,(H,23,26). The summed E-state index contributed by atoms with van der Waals surface area (Å²) in [7, 11) is 0. The number of aryl methyl sites for hydroxylation is 1. The summed E-state index contributed by atoms with van der Waals surface area (Å²) < 4.78 is 6.85. The molecule has 0 bridgehead atoms. The molecular weight excluding hydrogens is 378 g/mol. The van der Waals surface area contributed by atoms with Gasteiger partial charge in [0.15, 0.2) is 0 Å². The lowest BCUT2D eigenvalue weighted by Gasteiger charge is -2.07. The molecule has 2 aromatic carbocycles. The Hall–Kier alpha value is -3.12. The maximum Gasteiger partial charge on any atom is 0.325 e. The summed E-state index contributed by atoms with van der Waals surface area (Å²) in [5.41, 5.74) is 3.01. The van der Waals surface area contributed by atoms with Gasteiger partial charge >= 0.3 is 5.97 Å². The zero-order valence-electron chi connectivity index (χ0n) is 15.4. The quantitative estimate of drug-likeness (QED) is 0.621. The maximum atomic E-state index is 12.0. The minimum atomic E-state index is -0.538. The van der Waals surface area contributed by atoms with Crippen molar-refractivity contribution < 1.29 is 14.3 Å². The first-order valence-electron chi connectivity index (χ1n) is 8.80. The van der Waals surface area contributed by atoms with Gasteiger partial charge in [-0.1, -0.05) is 60.1 Å². The van der Waals surface area contributed by atoms with Crippen LogP contribution < -0.4 is 5.32 Å². The van der Waals surface area contributed by atoms with Gasteiger partial charge in [-0.15, -0.1) is 0 Å². The number of nitrogens with zero attached hydrogens (tertiary/aromatic N) is 2. The third-order valence-corrected chi connectivity index (χ3v) is 4.53. The van der Waals surface area contributed by atoms with Gasteiger partial charge in [-0.05, 0) is 24.6 Å². The molecule has 3 aromatic rings. The van der Waals surface area contributed by atoms with Crippen LogP contribution in [0.2, 0.25) is 5.15 Å². The van der Waals surface area contributed by atoms with E-state index < -0.39 is 5.97 Å². The summed E-state index contributed by atoms with van der Waals surface area (Å²) in [4.78, 5) is 23.9. The molecule has 0 aliphatic heterocycles. The lowest BCUT2D eigenvalue weighted by molar-refractivity contribution is -0.145. The Kier molecular flexibility index (Phi) is 6.45. The second kappa shape index (κ2) is 9.19. The van der Waals surface area contributed by atoms with Gasteiger partial charge in [0.2, 0.25) is 5.91 Å². The van der Waals surface area contributed by atoms with Crippen molar-refractivity contribution in [2.24, 2.45) is 0 Å². The maximum absolute atomic E-state index is 12.0. The zero-order chi connectivity index (χ0) is 19.9.